The van der Waals surface area contributed by atoms with Gasteiger partial charge in [0.15, 0.2) is 0 Å². The van der Waals surface area contributed by atoms with Crippen LogP contribution in [0.2, 0.25) is 0 Å². The lowest BCUT2D eigenvalue weighted by Crippen LogP contribution is -2.25. The first kappa shape index (κ1) is 10.9. The largest absolute Gasteiger partial charge is 0.358 e. The van der Waals surface area contributed by atoms with E-state index in [1.54, 1.807) is 0 Å². The van der Waals surface area contributed by atoms with Gasteiger partial charge >= 0.3 is 0 Å². The topological polar surface area (TPSA) is 42.1 Å². The monoisotopic (exact) mass is 215 g/mol. The molecule has 0 saturated carbocycles. The van der Waals surface area contributed by atoms with E-state index in [1.807, 2.05) is 13.1 Å². The second-order valence-electron chi connectivity index (χ2n) is 4.08. The van der Waals surface area contributed by atoms with E-state index in [1.165, 1.54) is 10.9 Å². The van der Waals surface area contributed by atoms with E-state index in [0.29, 0.717) is 6.54 Å². The normalized spacial score (nSPS) is 10.7. The Bertz CT molecular complexity index is 494. The molecule has 1 aromatic carbocycles. The fraction of sp³-hybridized carbons (Fsp3) is 0.308. The van der Waals surface area contributed by atoms with Crippen molar-refractivity contribution in [3.8, 4) is 0 Å². The summed E-state index contributed by atoms with van der Waals surface area (Å²) in [5.41, 5.74) is 7.81. The number of anilines is 1. The van der Waals surface area contributed by atoms with Gasteiger partial charge in [-0.1, -0.05) is 12.1 Å². The van der Waals surface area contributed by atoms with E-state index in [9.17, 15) is 0 Å². The minimum Gasteiger partial charge on any atom is -0.358 e. The summed E-state index contributed by atoms with van der Waals surface area (Å²) < 4.78 is 0. The van der Waals surface area contributed by atoms with Crippen LogP contribution in [0.5, 0.6) is 0 Å². The second-order valence-corrected chi connectivity index (χ2v) is 4.08. The summed E-state index contributed by atoms with van der Waals surface area (Å²) in [4.78, 5) is 6.70. The Balaban J connectivity index is 2.42. The molecule has 2 rings (SSSR count). The molecule has 0 atom stereocenters. The number of nitrogens with two attached hydrogens (primary N) is 1. The Morgan fingerprint density at radius 2 is 2.00 bits per heavy atom. The molecule has 0 fully saturated rings. The number of likely N-dealkylation sites (N-methyl/N-ethyl adjacent to an activating group) is 1. The quantitative estimate of drug-likeness (QED) is 0.850. The highest BCUT2D eigenvalue weighted by Gasteiger charge is 2.02. The van der Waals surface area contributed by atoms with Gasteiger partial charge in [-0.25, -0.2) is 4.98 Å². The third kappa shape index (κ3) is 2.14. The van der Waals surface area contributed by atoms with Crippen molar-refractivity contribution in [3.05, 3.63) is 35.9 Å². The second kappa shape index (κ2) is 4.49. The molecule has 1 heterocycles. The van der Waals surface area contributed by atoms with Crippen molar-refractivity contribution >= 4 is 16.7 Å². The number of aromatic nitrogens is 1. The van der Waals surface area contributed by atoms with Crippen molar-refractivity contribution in [2.75, 3.05) is 25.0 Å². The summed E-state index contributed by atoms with van der Waals surface area (Å²) in [5.74, 6) is 0.976. The Morgan fingerprint density at radius 3 is 2.75 bits per heavy atom. The SMILES string of the molecule is Cc1ccc2ccc(N(C)CCN)nc2c1. The summed E-state index contributed by atoms with van der Waals surface area (Å²) in [6, 6.07) is 10.4. The van der Waals surface area contributed by atoms with Crippen LogP contribution in [-0.4, -0.2) is 25.1 Å². The van der Waals surface area contributed by atoms with Crippen LogP contribution in [0.1, 0.15) is 5.56 Å². The Morgan fingerprint density at radius 1 is 1.25 bits per heavy atom. The number of pyridine rings is 1. The van der Waals surface area contributed by atoms with Crippen LogP contribution in [0.4, 0.5) is 5.82 Å². The van der Waals surface area contributed by atoms with Gasteiger partial charge in [0.2, 0.25) is 0 Å². The molecule has 84 valence electrons. The van der Waals surface area contributed by atoms with Crippen LogP contribution >= 0.6 is 0 Å². The zero-order valence-corrected chi connectivity index (χ0v) is 9.77. The smallest absolute Gasteiger partial charge is 0.129 e. The average Bonchev–Trinajstić information content (AvgIpc) is 2.28. The number of aryl methyl sites for hydroxylation is 1. The van der Waals surface area contributed by atoms with E-state index in [0.717, 1.165) is 17.9 Å². The molecule has 3 nitrogen and oxygen atoms in total. The first-order chi connectivity index (χ1) is 7.70. The summed E-state index contributed by atoms with van der Waals surface area (Å²) in [5, 5.41) is 1.18. The van der Waals surface area contributed by atoms with E-state index in [-0.39, 0.29) is 0 Å². The number of fused-ring (bicyclic) bond motifs is 1. The van der Waals surface area contributed by atoms with Gasteiger partial charge in [-0.05, 0) is 30.7 Å². The molecule has 0 aliphatic heterocycles. The third-order valence-electron chi connectivity index (χ3n) is 2.69. The van der Waals surface area contributed by atoms with Crippen LogP contribution in [0.15, 0.2) is 30.3 Å². The van der Waals surface area contributed by atoms with Crippen molar-refractivity contribution in [1.29, 1.82) is 0 Å². The summed E-state index contributed by atoms with van der Waals surface area (Å²) >= 11 is 0. The number of rotatable bonds is 3. The molecule has 0 aliphatic rings. The fourth-order valence-electron chi connectivity index (χ4n) is 1.74. The molecule has 2 N–H and O–H groups in total. The van der Waals surface area contributed by atoms with Gasteiger partial charge in [0.1, 0.15) is 5.82 Å². The van der Waals surface area contributed by atoms with Gasteiger partial charge in [-0.2, -0.15) is 0 Å². The molecular formula is C13H17N3. The van der Waals surface area contributed by atoms with Crippen molar-refractivity contribution in [1.82, 2.24) is 4.98 Å². The zero-order chi connectivity index (χ0) is 11.5. The van der Waals surface area contributed by atoms with Crippen molar-refractivity contribution in [2.45, 2.75) is 6.92 Å². The zero-order valence-electron chi connectivity index (χ0n) is 9.77. The highest BCUT2D eigenvalue weighted by molar-refractivity contribution is 5.80. The highest BCUT2D eigenvalue weighted by Crippen LogP contribution is 2.18. The van der Waals surface area contributed by atoms with Gasteiger partial charge in [0.05, 0.1) is 5.52 Å². The molecule has 1 aromatic heterocycles. The highest BCUT2D eigenvalue weighted by atomic mass is 15.2. The maximum Gasteiger partial charge on any atom is 0.129 e. The molecule has 2 aromatic rings. The standard InChI is InChI=1S/C13H17N3/c1-10-3-4-11-5-6-13(15-12(11)9-10)16(2)8-7-14/h3-6,9H,7-8,14H2,1-2H3. The van der Waals surface area contributed by atoms with E-state index in [4.69, 9.17) is 5.73 Å². The Kier molecular flexibility index (Phi) is 3.06. The maximum absolute atomic E-state index is 5.53. The van der Waals surface area contributed by atoms with Crippen LogP contribution < -0.4 is 10.6 Å². The van der Waals surface area contributed by atoms with Gasteiger partial charge in [-0.15, -0.1) is 0 Å². The Hall–Kier alpha value is -1.61. The summed E-state index contributed by atoms with van der Waals surface area (Å²) in [6.07, 6.45) is 0. The molecule has 0 saturated heterocycles. The number of hydrogen-bond acceptors (Lipinski definition) is 3. The lowest BCUT2D eigenvalue weighted by molar-refractivity contribution is 0.872. The molecule has 0 unspecified atom stereocenters. The van der Waals surface area contributed by atoms with Gasteiger partial charge in [0, 0.05) is 25.5 Å². The predicted octanol–water partition coefficient (Wildman–Crippen LogP) is 1.94. The minimum atomic E-state index is 0.643. The van der Waals surface area contributed by atoms with Gasteiger partial charge < -0.3 is 10.6 Å². The third-order valence-corrected chi connectivity index (χ3v) is 2.69. The first-order valence-electron chi connectivity index (χ1n) is 5.49. The molecule has 0 aliphatic carbocycles. The minimum absolute atomic E-state index is 0.643. The Labute approximate surface area is 95.9 Å². The van der Waals surface area contributed by atoms with E-state index >= 15 is 0 Å². The van der Waals surface area contributed by atoms with Crippen LogP contribution in [-0.2, 0) is 0 Å². The van der Waals surface area contributed by atoms with Crippen LogP contribution in [0.3, 0.4) is 0 Å². The predicted molar refractivity (Wildman–Crippen MR) is 68.8 cm³/mol. The molecule has 3 heteroatoms. The van der Waals surface area contributed by atoms with Gasteiger partial charge in [0.25, 0.3) is 0 Å². The van der Waals surface area contributed by atoms with Crippen molar-refractivity contribution < 1.29 is 0 Å². The lowest BCUT2D eigenvalue weighted by Gasteiger charge is -2.17. The number of hydrogen-bond donors (Lipinski definition) is 1. The molecule has 0 spiro atoms. The summed E-state index contributed by atoms with van der Waals surface area (Å²) in [7, 11) is 2.01. The van der Waals surface area contributed by atoms with Gasteiger partial charge in [-0.3, -0.25) is 0 Å². The summed E-state index contributed by atoms with van der Waals surface area (Å²) in [6.45, 7) is 3.55. The average molecular weight is 215 g/mol. The molecule has 0 bridgehead atoms. The van der Waals surface area contributed by atoms with E-state index < -0.39 is 0 Å². The molecular weight excluding hydrogens is 198 g/mol. The van der Waals surface area contributed by atoms with E-state index in [2.05, 4.69) is 41.1 Å². The lowest BCUT2D eigenvalue weighted by atomic mass is 10.1. The number of benzene rings is 1. The molecule has 0 radical (unpaired) electrons. The first-order valence-corrected chi connectivity index (χ1v) is 5.49. The molecule has 0 amide bonds. The molecule has 16 heavy (non-hydrogen) atoms. The maximum atomic E-state index is 5.53. The number of nitrogens with zero attached hydrogens (tertiary/aromatic N) is 2. The fourth-order valence-corrected chi connectivity index (χ4v) is 1.74. The van der Waals surface area contributed by atoms with Crippen molar-refractivity contribution in [3.63, 3.8) is 0 Å². The van der Waals surface area contributed by atoms with Crippen LogP contribution in [0.25, 0.3) is 10.9 Å². The van der Waals surface area contributed by atoms with Crippen molar-refractivity contribution in [2.24, 2.45) is 5.73 Å². The van der Waals surface area contributed by atoms with Crippen LogP contribution in [0, 0.1) is 6.92 Å².